The smallest absolute Gasteiger partial charge is 0.230 e. The Hall–Kier alpha value is -1.13. The van der Waals surface area contributed by atoms with Crippen LogP contribution in [0.1, 0.15) is 12.8 Å². The standard InChI is InChI=1S/C17H26ClN5O3S/c1-22(2)8-5-19-15(24)12-27-16-20-13(18)11-14(21-16)23-6-3-17(4-7-23)25-9-10-26-17/h11H,3-10,12H2,1-2H3,(H,19,24)/p+1. The van der Waals surface area contributed by atoms with Crippen LogP contribution in [-0.4, -0.2) is 80.9 Å². The van der Waals surface area contributed by atoms with Gasteiger partial charge in [0.05, 0.1) is 46.2 Å². The second-order valence-corrected chi connectivity index (χ2v) is 8.35. The van der Waals surface area contributed by atoms with Crippen molar-refractivity contribution in [1.82, 2.24) is 15.3 Å². The molecule has 3 rings (SSSR count). The van der Waals surface area contributed by atoms with Gasteiger partial charge in [0, 0.05) is 32.0 Å². The van der Waals surface area contributed by atoms with Crippen molar-refractivity contribution in [3.63, 3.8) is 0 Å². The van der Waals surface area contributed by atoms with Crippen molar-refractivity contribution in [3.05, 3.63) is 11.2 Å². The van der Waals surface area contributed by atoms with Gasteiger partial charge in [0.2, 0.25) is 5.91 Å². The van der Waals surface area contributed by atoms with E-state index in [2.05, 4.69) is 34.3 Å². The van der Waals surface area contributed by atoms with Crippen LogP contribution in [0.2, 0.25) is 5.15 Å². The third-order valence-electron chi connectivity index (χ3n) is 4.60. The number of carbonyl (C=O) groups excluding carboxylic acids is 1. The topological polar surface area (TPSA) is 81.0 Å². The predicted molar refractivity (Wildman–Crippen MR) is 105 cm³/mol. The molecule has 0 unspecified atom stereocenters. The molecular weight excluding hydrogens is 390 g/mol. The number of rotatable bonds is 7. The lowest BCUT2D eigenvalue weighted by Gasteiger charge is -2.38. The lowest BCUT2D eigenvalue weighted by atomic mass is 10.0. The predicted octanol–water partition coefficient (Wildman–Crippen LogP) is -0.174. The van der Waals surface area contributed by atoms with Gasteiger partial charge in [-0.1, -0.05) is 23.4 Å². The van der Waals surface area contributed by atoms with Gasteiger partial charge < -0.3 is 24.6 Å². The number of ether oxygens (including phenoxy) is 2. The highest BCUT2D eigenvalue weighted by Crippen LogP contribution is 2.33. The average molecular weight is 417 g/mol. The molecular formula is C17H27ClN5O3S+. The van der Waals surface area contributed by atoms with Gasteiger partial charge in [0.25, 0.3) is 0 Å². The number of thioether (sulfide) groups is 1. The molecule has 0 saturated carbocycles. The summed E-state index contributed by atoms with van der Waals surface area (Å²) < 4.78 is 11.5. The monoisotopic (exact) mass is 416 g/mol. The van der Waals surface area contributed by atoms with Gasteiger partial charge in [0.1, 0.15) is 11.0 Å². The zero-order valence-corrected chi connectivity index (χ0v) is 17.4. The molecule has 27 heavy (non-hydrogen) atoms. The Morgan fingerprint density at radius 3 is 2.70 bits per heavy atom. The molecule has 10 heteroatoms. The zero-order chi connectivity index (χ0) is 19.3. The number of hydrogen-bond donors (Lipinski definition) is 2. The summed E-state index contributed by atoms with van der Waals surface area (Å²) in [5.41, 5.74) is 0. The lowest BCUT2D eigenvalue weighted by Crippen LogP contribution is -3.06. The molecule has 2 saturated heterocycles. The Bertz CT molecular complexity index is 647. The summed E-state index contributed by atoms with van der Waals surface area (Å²) in [6.07, 6.45) is 1.60. The third kappa shape index (κ3) is 5.92. The van der Waals surface area contributed by atoms with Gasteiger partial charge in [0.15, 0.2) is 10.9 Å². The fraction of sp³-hybridized carbons (Fsp3) is 0.706. The van der Waals surface area contributed by atoms with E-state index in [1.807, 2.05) is 0 Å². The van der Waals surface area contributed by atoms with E-state index in [0.717, 1.165) is 38.3 Å². The van der Waals surface area contributed by atoms with Crippen molar-refractivity contribution in [3.8, 4) is 0 Å². The zero-order valence-electron chi connectivity index (χ0n) is 15.8. The number of amides is 1. The minimum Gasteiger partial charge on any atom is -0.356 e. The fourth-order valence-corrected chi connectivity index (χ4v) is 4.02. The maximum Gasteiger partial charge on any atom is 0.230 e. The molecule has 150 valence electrons. The highest BCUT2D eigenvalue weighted by molar-refractivity contribution is 7.99. The van der Waals surface area contributed by atoms with Gasteiger partial charge in [-0.05, 0) is 0 Å². The molecule has 0 bridgehead atoms. The highest BCUT2D eigenvalue weighted by Gasteiger charge is 2.40. The molecule has 2 fully saturated rings. The van der Waals surface area contributed by atoms with Gasteiger partial charge in [-0.3, -0.25) is 4.79 Å². The van der Waals surface area contributed by atoms with Gasteiger partial charge in [-0.2, -0.15) is 0 Å². The van der Waals surface area contributed by atoms with Crippen molar-refractivity contribution in [2.24, 2.45) is 0 Å². The summed E-state index contributed by atoms with van der Waals surface area (Å²) in [4.78, 5) is 24.2. The molecule has 1 amide bonds. The van der Waals surface area contributed by atoms with E-state index in [1.54, 1.807) is 6.07 Å². The summed E-state index contributed by atoms with van der Waals surface area (Å²) in [5.74, 6) is 0.605. The summed E-state index contributed by atoms with van der Waals surface area (Å²) in [6, 6.07) is 1.76. The molecule has 2 N–H and O–H groups in total. The summed E-state index contributed by atoms with van der Waals surface area (Å²) >= 11 is 7.48. The van der Waals surface area contributed by atoms with E-state index < -0.39 is 5.79 Å². The Morgan fingerprint density at radius 1 is 1.33 bits per heavy atom. The first-order valence-electron chi connectivity index (χ1n) is 9.22. The number of likely N-dealkylation sites (N-methyl/N-ethyl adjacent to an activating group) is 1. The molecule has 8 nitrogen and oxygen atoms in total. The van der Waals surface area contributed by atoms with E-state index >= 15 is 0 Å². The quantitative estimate of drug-likeness (QED) is 0.363. The van der Waals surface area contributed by atoms with Crippen molar-refractivity contribution in [2.45, 2.75) is 23.8 Å². The van der Waals surface area contributed by atoms with Crippen LogP contribution in [0.3, 0.4) is 0 Å². The Labute approximate surface area is 168 Å². The summed E-state index contributed by atoms with van der Waals surface area (Å²) in [7, 11) is 4.10. The van der Waals surface area contributed by atoms with Gasteiger partial charge >= 0.3 is 0 Å². The van der Waals surface area contributed by atoms with E-state index in [0.29, 0.717) is 30.1 Å². The van der Waals surface area contributed by atoms with Crippen LogP contribution in [0, 0.1) is 0 Å². The molecule has 2 aliphatic rings. The maximum absolute atomic E-state index is 11.9. The van der Waals surface area contributed by atoms with Crippen LogP contribution in [0.5, 0.6) is 0 Å². The second kappa shape index (κ2) is 9.38. The number of nitrogens with one attached hydrogen (secondary N) is 2. The van der Waals surface area contributed by atoms with Crippen molar-refractivity contribution >= 4 is 35.1 Å². The first kappa shape index (κ1) is 20.6. The van der Waals surface area contributed by atoms with Crippen LogP contribution < -0.4 is 15.1 Å². The van der Waals surface area contributed by atoms with Crippen molar-refractivity contribution in [1.29, 1.82) is 0 Å². The number of piperidine rings is 1. The Morgan fingerprint density at radius 2 is 2.04 bits per heavy atom. The van der Waals surface area contributed by atoms with E-state index in [4.69, 9.17) is 21.1 Å². The van der Waals surface area contributed by atoms with E-state index in [-0.39, 0.29) is 11.7 Å². The molecule has 2 aliphatic heterocycles. The van der Waals surface area contributed by atoms with Crippen LogP contribution >= 0.6 is 23.4 Å². The van der Waals surface area contributed by atoms with Crippen LogP contribution in [0.25, 0.3) is 0 Å². The number of halogens is 1. The lowest BCUT2D eigenvalue weighted by molar-refractivity contribution is -0.856. The minimum absolute atomic E-state index is 0.0261. The Balaban J connectivity index is 1.52. The molecule has 0 atom stereocenters. The molecule has 1 aromatic heterocycles. The minimum atomic E-state index is -0.419. The number of anilines is 1. The van der Waals surface area contributed by atoms with Crippen molar-refractivity contribution < 1.29 is 19.2 Å². The number of hydrogen-bond acceptors (Lipinski definition) is 7. The molecule has 1 aromatic rings. The van der Waals surface area contributed by atoms with Crippen LogP contribution in [0.15, 0.2) is 11.2 Å². The number of quaternary nitrogens is 1. The molecule has 0 aliphatic carbocycles. The fourth-order valence-electron chi connectivity index (χ4n) is 3.11. The summed E-state index contributed by atoms with van der Waals surface area (Å²) in [5, 5.41) is 3.79. The number of nitrogens with zero attached hydrogens (tertiary/aromatic N) is 3. The largest absolute Gasteiger partial charge is 0.356 e. The third-order valence-corrected chi connectivity index (χ3v) is 5.64. The molecule has 0 radical (unpaired) electrons. The normalized spacial score (nSPS) is 19.0. The number of aromatic nitrogens is 2. The van der Waals surface area contributed by atoms with Gasteiger partial charge in [-0.15, -0.1) is 0 Å². The SMILES string of the molecule is C[NH+](C)CCNC(=O)CSc1nc(Cl)cc(N2CCC3(CC2)OCCO3)n1. The van der Waals surface area contributed by atoms with Gasteiger partial charge in [-0.25, -0.2) is 9.97 Å². The average Bonchev–Trinajstić information content (AvgIpc) is 3.08. The van der Waals surface area contributed by atoms with Crippen LogP contribution in [-0.2, 0) is 14.3 Å². The first-order valence-corrected chi connectivity index (χ1v) is 10.6. The second-order valence-electron chi connectivity index (χ2n) is 7.02. The molecule has 0 aromatic carbocycles. The highest BCUT2D eigenvalue weighted by atomic mass is 35.5. The summed E-state index contributed by atoms with van der Waals surface area (Å²) in [6.45, 7) is 4.44. The molecule has 3 heterocycles. The number of carbonyl (C=O) groups is 1. The first-order chi connectivity index (χ1) is 13.0. The van der Waals surface area contributed by atoms with Crippen LogP contribution in [0.4, 0.5) is 5.82 Å². The van der Waals surface area contributed by atoms with Crippen molar-refractivity contribution in [2.75, 3.05) is 64.1 Å². The maximum atomic E-state index is 11.9. The Kier molecular flexibility index (Phi) is 7.16. The molecule has 1 spiro atoms. The van der Waals surface area contributed by atoms with E-state index in [9.17, 15) is 4.79 Å². The van der Waals surface area contributed by atoms with E-state index in [1.165, 1.54) is 16.7 Å².